The largest absolute Gasteiger partial charge is 0.497 e. The molecule has 1 aromatic rings. The highest BCUT2D eigenvalue weighted by Crippen LogP contribution is 2.36. The van der Waals surface area contributed by atoms with Crippen molar-refractivity contribution in [3.8, 4) is 5.75 Å². The fourth-order valence-electron chi connectivity index (χ4n) is 2.24. The number of rotatable bonds is 6. The van der Waals surface area contributed by atoms with Gasteiger partial charge in [-0.3, -0.25) is 4.79 Å². The Bertz CT molecular complexity index is 568. The van der Waals surface area contributed by atoms with Gasteiger partial charge in [-0.2, -0.15) is 0 Å². The van der Waals surface area contributed by atoms with Crippen LogP contribution in [0.5, 0.6) is 5.75 Å². The Labute approximate surface area is 154 Å². The summed E-state index contributed by atoms with van der Waals surface area (Å²) in [6.45, 7) is 18.5. The van der Waals surface area contributed by atoms with Crippen LogP contribution in [0.4, 0.5) is 0 Å². The monoisotopic (exact) mass is 365 g/mol. The van der Waals surface area contributed by atoms with Gasteiger partial charge >= 0.3 is 0 Å². The summed E-state index contributed by atoms with van der Waals surface area (Å²) in [6, 6.07) is 7.27. The highest BCUT2D eigenvalue weighted by molar-refractivity contribution is 6.74. The van der Waals surface area contributed by atoms with E-state index in [2.05, 4.69) is 54.6 Å². The lowest BCUT2D eigenvalue weighted by Gasteiger charge is -2.39. The fraction of sp³-hybridized carbons (Fsp3) is 0.650. The molecule has 0 radical (unpaired) electrons. The second kappa shape index (κ2) is 7.91. The predicted octanol–water partition coefficient (Wildman–Crippen LogP) is 4.96. The quantitative estimate of drug-likeness (QED) is 0.669. The van der Waals surface area contributed by atoms with Gasteiger partial charge in [0.1, 0.15) is 5.75 Å². The molecular weight excluding hydrogens is 330 g/mol. The Balaban J connectivity index is 2.86. The molecule has 0 saturated carbocycles. The van der Waals surface area contributed by atoms with E-state index in [1.807, 2.05) is 29.2 Å². The number of ether oxygens (including phenoxy) is 1. The van der Waals surface area contributed by atoms with Crippen LogP contribution < -0.4 is 4.74 Å². The fourth-order valence-corrected chi connectivity index (χ4v) is 3.27. The van der Waals surface area contributed by atoms with Crippen LogP contribution in [0.3, 0.4) is 0 Å². The van der Waals surface area contributed by atoms with E-state index < -0.39 is 8.32 Å². The van der Waals surface area contributed by atoms with Gasteiger partial charge in [-0.15, -0.1) is 0 Å². The van der Waals surface area contributed by atoms with Crippen molar-refractivity contribution in [2.45, 2.75) is 65.2 Å². The summed E-state index contributed by atoms with van der Waals surface area (Å²) in [4.78, 5) is 14.9. The number of carbonyl (C=O) groups excluding carboxylic acids is 1. The maximum absolute atomic E-state index is 13.0. The Hall–Kier alpha value is -1.33. The van der Waals surface area contributed by atoms with Crippen LogP contribution in [-0.2, 0) is 4.43 Å². The minimum atomic E-state index is -1.81. The van der Waals surface area contributed by atoms with Gasteiger partial charge in [-0.25, -0.2) is 0 Å². The second-order valence-corrected chi connectivity index (χ2v) is 13.8. The number of hydrogen-bond acceptors (Lipinski definition) is 3. The lowest BCUT2D eigenvalue weighted by atomic mass is 10.0. The van der Waals surface area contributed by atoms with Crippen LogP contribution >= 0.6 is 0 Å². The topological polar surface area (TPSA) is 38.8 Å². The van der Waals surface area contributed by atoms with E-state index >= 15 is 0 Å². The molecule has 0 aliphatic carbocycles. The Kier molecular flexibility index (Phi) is 6.87. The first kappa shape index (κ1) is 21.7. The Morgan fingerprint density at radius 2 is 1.56 bits per heavy atom. The maximum Gasteiger partial charge on any atom is 0.254 e. The van der Waals surface area contributed by atoms with Crippen LogP contribution in [0.25, 0.3) is 0 Å². The summed E-state index contributed by atoms with van der Waals surface area (Å²) < 4.78 is 11.4. The van der Waals surface area contributed by atoms with Crippen molar-refractivity contribution >= 4 is 14.2 Å². The number of amides is 1. The smallest absolute Gasteiger partial charge is 0.254 e. The van der Waals surface area contributed by atoms with Gasteiger partial charge < -0.3 is 14.1 Å². The molecule has 1 amide bonds. The van der Waals surface area contributed by atoms with Crippen molar-refractivity contribution in [3.05, 3.63) is 29.8 Å². The highest BCUT2D eigenvalue weighted by atomic mass is 28.4. The van der Waals surface area contributed by atoms with Gasteiger partial charge in [0, 0.05) is 17.6 Å². The van der Waals surface area contributed by atoms with Gasteiger partial charge in [0.05, 0.1) is 13.7 Å². The van der Waals surface area contributed by atoms with E-state index in [4.69, 9.17) is 9.16 Å². The van der Waals surface area contributed by atoms with Crippen LogP contribution in [0.2, 0.25) is 18.1 Å². The van der Waals surface area contributed by atoms with Crippen LogP contribution in [-0.4, -0.2) is 44.9 Å². The van der Waals surface area contributed by atoms with Gasteiger partial charge in [-0.1, -0.05) is 20.8 Å². The highest BCUT2D eigenvalue weighted by Gasteiger charge is 2.37. The first-order valence-electron chi connectivity index (χ1n) is 8.89. The van der Waals surface area contributed by atoms with Gasteiger partial charge in [-0.05, 0) is 63.2 Å². The summed E-state index contributed by atoms with van der Waals surface area (Å²) in [5.74, 6) is 0.772. The molecule has 1 rings (SSSR count). The molecule has 0 aliphatic heterocycles. The van der Waals surface area contributed by atoms with E-state index in [1.54, 1.807) is 7.11 Å². The maximum atomic E-state index is 13.0. The molecule has 0 saturated heterocycles. The summed E-state index contributed by atoms with van der Waals surface area (Å²) in [5, 5.41) is 0.166. The standard InChI is InChI=1S/C20H35NO3Si/c1-19(2,3)21(14-15-24-25(8,9)20(4,5)6)18(22)16-10-12-17(23-7)13-11-16/h10-13H,14-15H2,1-9H3. The molecule has 0 fully saturated rings. The van der Waals surface area contributed by atoms with Crippen LogP contribution in [0, 0.1) is 0 Å². The Morgan fingerprint density at radius 3 is 1.96 bits per heavy atom. The molecule has 0 spiro atoms. The molecule has 0 bridgehead atoms. The molecule has 1 aromatic carbocycles. The molecular formula is C20H35NO3Si. The lowest BCUT2D eigenvalue weighted by Crippen LogP contribution is -2.49. The first-order chi connectivity index (χ1) is 11.3. The Morgan fingerprint density at radius 1 is 1.04 bits per heavy atom. The van der Waals surface area contributed by atoms with Crippen molar-refractivity contribution < 1.29 is 14.0 Å². The SMILES string of the molecule is COc1ccc(C(=O)N(CCO[Si](C)(C)C(C)(C)C)C(C)(C)C)cc1. The van der Waals surface area contributed by atoms with Crippen molar-refractivity contribution in [1.82, 2.24) is 4.90 Å². The van der Waals surface area contributed by atoms with E-state index in [0.717, 1.165) is 5.75 Å². The number of benzene rings is 1. The van der Waals surface area contributed by atoms with Crippen molar-refractivity contribution in [1.29, 1.82) is 0 Å². The zero-order chi connectivity index (χ0) is 19.5. The minimum absolute atomic E-state index is 0.0222. The molecule has 0 aliphatic rings. The van der Waals surface area contributed by atoms with Crippen molar-refractivity contribution in [3.63, 3.8) is 0 Å². The average Bonchev–Trinajstić information content (AvgIpc) is 2.48. The summed E-state index contributed by atoms with van der Waals surface area (Å²) in [6.07, 6.45) is 0. The normalized spacial score (nSPS) is 12.8. The summed E-state index contributed by atoms with van der Waals surface area (Å²) >= 11 is 0. The number of carbonyl (C=O) groups is 1. The third-order valence-corrected chi connectivity index (χ3v) is 9.51. The summed E-state index contributed by atoms with van der Waals surface area (Å²) in [5.41, 5.74) is 0.399. The van der Waals surface area contributed by atoms with Crippen molar-refractivity contribution in [2.24, 2.45) is 0 Å². The van der Waals surface area contributed by atoms with Gasteiger partial charge in [0.2, 0.25) is 0 Å². The zero-order valence-electron chi connectivity index (χ0n) is 17.4. The zero-order valence-corrected chi connectivity index (χ0v) is 18.4. The van der Waals surface area contributed by atoms with E-state index in [0.29, 0.717) is 18.7 Å². The first-order valence-corrected chi connectivity index (χ1v) is 11.8. The van der Waals surface area contributed by atoms with E-state index in [-0.39, 0.29) is 16.5 Å². The molecule has 0 aromatic heterocycles. The average molecular weight is 366 g/mol. The second-order valence-electron chi connectivity index (χ2n) is 8.96. The predicted molar refractivity (Wildman–Crippen MR) is 107 cm³/mol. The lowest BCUT2D eigenvalue weighted by molar-refractivity contribution is 0.0533. The molecule has 142 valence electrons. The molecule has 0 heterocycles. The van der Waals surface area contributed by atoms with Crippen LogP contribution in [0.15, 0.2) is 24.3 Å². The third-order valence-electron chi connectivity index (χ3n) is 4.98. The van der Waals surface area contributed by atoms with Crippen molar-refractivity contribution in [2.75, 3.05) is 20.3 Å². The molecule has 25 heavy (non-hydrogen) atoms. The third kappa shape index (κ3) is 5.85. The minimum Gasteiger partial charge on any atom is -0.497 e. The number of methoxy groups -OCH3 is 1. The van der Waals surface area contributed by atoms with Gasteiger partial charge in [0.15, 0.2) is 8.32 Å². The van der Waals surface area contributed by atoms with Gasteiger partial charge in [0.25, 0.3) is 5.91 Å². The van der Waals surface area contributed by atoms with Crippen LogP contribution in [0.1, 0.15) is 51.9 Å². The molecule has 0 N–H and O–H groups in total. The van der Waals surface area contributed by atoms with E-state index in [9.17, 15) is 4.79 Å². The molecule has 0 atom stereocenters. The number of hydrogen-bond donors (Lipinski definition) is 0. The molecule has 5 heteroatoms. The summed E-state index contributed by atoms with van der Waals surface area (Å²) in [7, 11) is -0.190. The van der Waals surface area contributed by atoms with E-state index in [1.165, 1.54) is 0 Å². The molecule has 0 unspecified atom stereocenters. The number of nitrogens with zero attached hydrogens (tertiary/aromatic N) is 1. The molecule has 4 nitrogen and oxygen atoms in total.